The second-order valence-electron chi connectivity index (χ2n) is 7.68. The molecule has 0 saturated carbocycles. The van der Waals surface area contributed by atoms with Crippen molar-refractivity contribution in [3.8, 4) is 22.6 Å². The molecule has 2 aromatic carbocycles. The average Bonchev–Trinajstić information content (AvgIpc) is 3.53. The standard InChI is InChI=1S/C11H10FN3O3.C7H5BrFNO3.C4H7BN2O2/c1-14-6-7(5-13-14)8-3-10(15(16)17)11(18-2)4-9(8)12;1-13-7-3-5(9)4(8)2-6(7)10(11)12;1-7-3-4(2-6-7)5(8)9/h3-6H,1-2H3;2-3H,1H3;2-3,8-9H,1H3. The molecular weight excluding hydrogens is 605 g/mol. The highest BCUT2D eigenvalue weighted by molar-refractivity contribution is 9.10. The third kappa shape index (κ3) is 8.29. The molecule has 14 nitrogen and oxygen atoms in total. The van der Waals surface area contributed by atoms with Crippen LogP contribution in [0.25, 0.3) is 11.1 Å². The van der Waals surface area contributed by atoms with Crippen LogP contribution in [-0.4, -0.2) is 60.8 Å². The van der Waals surface area contributed by atoms with Gasteiger partial charge in [0, 0.05) is 73.5 Å². The largest absolute Gasteiger partial charge is 0.491 e. The van der Waals surface area contributed by atoms with Crippen LogP contribution < -0.4 is 14.9 Å². The van der Waals surface area contributed by atoms with Crippen LogP contribution in [0.15, 0.2) is 53.5 Å². The number of ether oxygens (including phenoxy) is 2. The van der Waals surface area contributed by atoms with Gasteiger partial charge in [0.25, 0.3) is 0 Å². The maximum atomic E-state index is 13.8. The molecule has 0 amide bonds. The summed E-state index contributed by atoms with van der Waals surface area (Å²) >= 11 is 2.84. The van der Waals surface area contributed by atoms with E-state index in [0.717, 1.165) is 24.3 Å². The lowest BCUT2D eigenvalue weighted by Gasteiger charge is -2.05. The zero-order chi connectivity index (χ0) is 30.1. The number of halogens is 3. The number of aromatic nitrogens is 4. The fourth-order valence-electron chi connectivity index (χ4n) is 3.03. The van der Waals surface area contributed by atoms with Crippen molar-refractivity contribution in [2.24, 2.45) is 14.1 Å². The number of methoxy groups -OCH3 is 2. The van der Waals surface area contributed by atoms with Crippen LogP contribution in [0.3, 0.4) is 0 Å². The minimum absolute atomic E-state index is 0.0417. The molecule has 40 heavy (non-hydrogen) atoms. The number of rotatable bonds is 6. The van der Waals surface area contributed by atoms with Gasteiger partial charge in [-0.2, -0.15) is 10.2 Å². The highest BCUT2D eigenvalue weighted by Crippen LogP contribution is 2.34. The second-order valence-corrected chi connectivity index (χ2v) is 8.53. The summed E-state index contributed by atoms with van der Waals surface area (Å²) in [6, 6.07) is 4.17. The molecule has 2 heterocycles. The first-order valence-corrected chi connectivity index (χ1v) is 11.6. The van der Waals surface area contributed by atoms with Crippen molar-refractivity contribution in [1.29, 1.82) is 0 Å². The van der Waals surface area contributed by atoms with Gasteiger partial charge in [0.05, 0.1) is 34.7 Å². The number of nitro benzene ring substituents is 2. The van der Waals surface area contributed by atoms with Crippen molar-refractivity contribution in [3.05, 3.63) is 85.4 Å². The van der Waals surface area contributed by atoms with Gasteiger partial charge < -0.3 is 19.5 Å². The zero-order valence-corrected chi connectivity index (χ0v) is 22.9. The average molecular weight is 627 g/mol. The Hall–Kier alpha value is -4.42. The van der Waals surface area contributed by atoms with E-state index in [4.69, 9.17) is 14.8 Å². The zero-order valence-electron chi connectivity index (χ0n) is 21.4. The molecule has 0 spiro atoms. The molecule has 0 bridgehead atoms. The fraction of sp³-hybridized carbons (Fsp3) is 0.182. The number of aryl methyl sites for hydroxylation is 2. The summed E-state index contributed by atoms with van der Waals surface area (Å²) in [4.78, 5) is 20.0. The molecule has 0 unspecified atom stereocenters. The number of hydrogen-bond acceptors (Lipinski definition) is 10. The molecule has 0 aliphatic rings. The minimum atomic E-state index is -1.40. The van der Waals surface area contributed by atoms with Crippen LogP contribution >= 0.6 is 15.9 Å². The van der Waals surface area contributed by atoms with E-state index in [1.54, 1.807) is 26.5 Å². The molecule has 2 N–H and O–H groups in total. The molecule has 0 radical (unpaired) electrons. The topological polar surface area (TPSA) is 181 Å². The first-order valence-electron chi connectivity index (χ1n) is 10.8. The minimum Gasteiger partial charge on any atom is -0.490 e. The van der Waals surface area contributed by atoms with E-state index in [1.165, 1.54) is 36.0 Å². The van der Waals surface area contributed by atoms with Crippen molar-refractivity contribution < 1.29 is 38.1 Å². The SMILES string of the molecule is COc1cc(F)c(-c2cnn(C)c2)cc1[N+](=O)[O-].COc1cc(F)c(Br)cc1[N+](=O)[O-].Cn1cc(B(O)O)cn1. The highest BCUT2D eigenvalue weighted by atomic mass is 79.9. The summed E-state index contributed by atoms with van der Waals surface area (Å²) in [5.41, 5.74) is 0.461. The molecule has 0 aliphatic carbocycles. The first-order chi connectivity index (χ1) is 18.8. The second kappa shape index (κ2) is 14.1. The number of nitrogens with zero attached hydrogens (tertiary/aromatic N) is 6. The third-order valence-corrected chi connectivity index (χ3v) is 5.53. The molecule has 0 atom stereocenters. The lowest BCUT2D eigenvalue weighted by molar-refractivity contribution is -0.385. The summed E-state index contributed by atoms with van der Waals surface area (Å²) in [7, 11) is 4.49. The normalized spacial score (nSPS) is 10.0. The summed E-state index contributed by atoms with van der Waals surface area (Å²) < 4.78 is 39.2. The molecule has 2 aromatic heterocycles. The Labute approximate surface area is 234 Å². The van der Waals surface area contributed by atoms with Crippen LogP contribution in [-0.2, 0) is 14.1 Å². The van der Waals surface area contributed by atoms with Gasteiger partial charge >= 0.3 is 18.5 Å². The van der Waals surface area contributed by atoms with Crippen LogP contribution in [0.4, 0.5) is 20.2 Å². The molecule has 0 aliphatic heterocycles. The van der Waals surface area contributed by atoms with Crippen molar-refractivity contribution in [1.82, 2.24) is 19.6 Å². The Morgan fingerprint density at radius 1 is 0.875 bits per heavy atom. The van der Waals surface area contributed by atoms with Gasteiger partial charge in [-0.25, -0.2) is 8.78 Å². The molecule has 0 saturated heterocycles. The van der Waals surface area contributed by atoms with Crippen LogP contribution in [0.5, 0.6) is 11.5 Å². The molecule has 0 fully saturated rings. The number of hydrogen-bond donors (Lipinski definition) is 2. The van der Waals surface area contributed by atoms with E-state index >= 15 is 0 Å². The Kier molecular flexibility index (Phi) is 11.2. The van der Waals surface area contributed by atoms with Gasteiger partial charge in [0.1, 0.15) is 11.6 Å². The van der Waals surface area contributed by atoms with Gasteiger partial charge in [0.2, 0.25) is 0 Å². The first kappa shape index (κ1) is 31.8. The van der Waals surface area contributed by atoms with Gasteiger partial charge in [-0.05, 0) is 15.9 Å². The molecule has 18 heteroatoms. The maximum Gasteiger partial charge on any atom is 0.491 e. The summed E-state index contributed by atoms with van der Waals surface area (Å²) in [5, 5.41) is 46.0. The molecular formula is C22H22BBrF2N6O8. The maximum absolute atomic E-state index is 13.8. The van der Waals surface area contributed by atoms with E-state index in [1.807, 2.05) is 0 Å². The summed E-state index contributed by atoms with van der Waals surface area (Å²) in [6.07, 6.45) is 5.97. The van der Waals surface area contributed by atoms with Gasteiger partial charge in [0.15, 0.2) is 11.5 Å². The van der Waals surface area contributed by atoms with E-state index in [9.17, 15) is 29.0 Å². The third-order valence-electron chi connectivity index (χ3n) is 4.92. The van der Waals surface area contributed by atoms with Crippen molar-refractivity contribution in [2.75, 3.05) is 14.2 Å². The number of nitro groups is 2. The van der Waals surface area contributed by atoms with Crippen molar-refractivity contribution >= 4 is 39.9 Å². The van der Waals surface area contributed by atoms with E-state index in [-0.39, 0.29) is 32.9 Å². The highest BCUT2D eigenvalue weighted by Gasteiger charge is 2.21. The van der Waals surface area contributed by atoms with Gasteiger partial charge in [-0.15, -0.1) is 0 Å². The Morgan fingerprint density at radius 3 is 1.77 bits per heavy atom. The molecule has 212 valence electrons. The fourth-order valence-corrected chi connectivity index (χ4v) is 3.36. The monoisotopic (exact) mass is 626 g/mol. The Balaban J connectivity index is 0.000000224. The predicted molar refractivity (Wildman–Crippen MR) is 142 cm³/mol. The molecule has 4 rings (SSSR count). The van der Waals surface area contributed by atoms with Gasteiger partial charge in [-0.1, -0.05) is 0 Å². The van der Waals surface area contributed by atoms with Gasteiger partial charge in [-0.3, -0.25) is 29.6 Å². The summed E-state index contributed by atoms with van der Waals surface area (Å²) in [5.74, 6) is -1.39. The smallest absolute Gasteiger partial charge is 0.490 e. The Bertz CT molecular complexity index is 1500. The van der Waals surface area contributed by atoms with E-state index in [0.29, 0.717) is 11.0 Å². The van der Waals surface area contributed by atoms with Crippen molar-refractivity contribution in [3.63, 3.8) is 0 Å². The summed E-state index contributed by atoms with van der Waals surface area (Å²) in [6.45, 7) is 0. The van der Waals surface area contributed by atoms with Crippen molar-refractivity contribution in [2.45, 2.75) is 0 Å². The van der Waals surface area contributed by atoms with Crippen LogP contribution in [0, 0.1) is 31.9 Å². The van der Waals surface area contributed by atoms with Crippen LogP contribution in [0.1, 0.15) is 0 Å². The van der Waals surface area contributed by atoms with Crippen LogP contribution in [0.2, 0.25) is 0 Å². The van der Waals surface area contributed by atoms with E-state index in [2.05, 4.69) is 30.9 Å². The quantitative estimate of drug-likeness (QED) is 0.183. The predicted octanol–water partition coefficient (Wildman–Crippen LogP) is 2.75. The van der Waals surface area contributed by atoms with E-state index < -0.39 is 28.6 Å². The molecule has 4 aromatic rings. The number of benzene rings is 2. The Morgan fingerprint density at radius 2 is 1.38 bits per heavy atom. The lowest BCUT2D eigenvalue weighted by Crippen LogP contribution is -2.28. The lowest BCUT2D eigenvalue weighted by atomic mass is 9.83.